The Morgan fingerprint density at radius 3 is 2.60 bits per heavy atom. The van der Waals surface area contributed by atoms with Crippen molar-refractivity contribution >= 4 is 0 Å². The molecule has 0 bridgehead atoms. The molecule has 0 aliphatic heterocycles. The zero-order chi connectivity index (χ0) is 11.1. The van der Waals surface area contributed by atoms with Gasteiger partial charge in [-0.25, -0.2) is 0 Å². The second kappa shape index (κ2) is 7.20. The monoisotopic (exact) mass is 215 g/mol. The molecule has 1 aliphatic carbocycles. The quantitative estimate of drug-likeness (QED) is 0.689. The molecule has 0 amide bonds. The molecule has 0 aromatic rings. The van der Waals surface area contributed by atoms with E-state index in [-0.39, 0.29) is 0 Å². The van der Waals surface area contributed by atoms with Gasteiger partial charge in [0.1, 0.15) is 0 Å². The van der Waals surface area contributed by atoms with E-state index in [9.17, 15) is 0 Å². The summed E-state index contributed by atoms with van der Waals surface area (Å²) in [5, 5.41) is 0. The Hall–Kier alpha value is -0.120. The second-order valence-corrected chi connectivity index (χ2v) is 4.61. The molecule has 90 valence electrons. The molecule has 1 rings (SSSR count). The SMILES string of the molecule is CC(C)OCCOC1CCCCC1CN. The van der Waals surface area contributed by atoms with Crippen LogP contribution in [0.5, 0.6) is 0 Å². The minimum Gasteiger partial charge on any atom is -0.376 e. The van der Waals surface area contributed by atoms with Crippen molar-refractivity contribution in [3.63, 3.8) is 0 Å². The summed E-state index contributed by atoms with van der Waals surface area (Å²) in [6.07, 6.45) is 5.66. The third-order valence-corrected chi connectivity index (χ3v) is 3.01. The van der Waals surface area contributed by atoms with Crippen LogP contribution in [0.4, 0.5) is 0 Å². The topological polar surface area (TPSA) is 44.5 Å². The zero-order valence-corrected chi connectivity index (χ0v) is 10.1. The Labute approximate surface area is 93.3 Å². The van der Waals surface area contributed by atoms with Gasteiger partial charge in [0.2, 0.25) is 0 Å². The number of nitrogens with two attached hydrogens (primary N) is 1. The molecule has 0 heterocycles. The third kappa shape index (κ3) is 4.96. The minimum absolute atomic E-state index is 0.297. The molecule has 1 saturated carbocycles. The van der Waals surface area contributed by atoms with Crippen LogP contribution in [-0.4, -0.2) is 32.0 Å². The van der Waals surface area contributed by atoms with E-state index in [0.717, 1.165) is 6.54 Å². The van der Waals surface area contributed by atoms with E-state index in [1.165, 1.54) is 25.7 Å². The predicted octanol–water partition coefficient (Wildman–Crippen LogP) is 1.95. The van der Waals surface area contributed by atoms with E-state index in [4.69, 9.17) is 15.2 Å². The highest BCUT2D eigenvalue weighted by molar-refractivity contribution is 4.76. The summed E-state index contributed by atoms with van der Waals surface area (Å²) in [5.74, 6) is 0.567. The lowest BCUT2D eigenvalue weighted by molar-refractivity contribution is -0.0450. The summed E-state index contributed by atoms with van der Waals surface area (Å²) >= 11 is 0. The molecule has 3 heteroatoms. The first-order chi connectivity index (χ1) is 7.24. The maximum atomic E-state index is 5.83. The van der Waals surface area contributed by atoms with E-state index >= 15 is 0 Å². The molecule has 2 unspecified atom stereocenters. The van der Waals surface area contributed by atoms with E-state index < -0.39 is 0 Å². The van der Waals surface area contributed by atoms with Crippen LogP contribution in [0.25, 0.3) is 0 Å². The lowest BCUT2D eigenvalue weighted by Crippen LogP contribution is -2.34. The smallest absolute Gasteiger partial charge is 0.0704 e. The number of hydrogen-bond donors (Lipinski definition) is 1. The lowest BCUT2D eigenvalue weighted by Gasteiger charge is -2.30. The number of rotatable bonds is 6. The molecule has 1 fully saturated rings. The fourth-order valence-electron chi connectivity index (χ4n) is 2.15. The van der Waals surface area contributed by atoms with Crippen molar-refractivity contribution in [2.75, 3.05) is 19.8 Å². The third-order valence-electron chi connectivity index (χ3n) is 3.01. The van der Waals surface area contributed by atoms with Crippen LogP contribution < -0.4 is 5.73 Å². The average Bonchev–Trinajstić information content (AvgIpc) is 2.24. The molecule has 0 spiro atoms. The average molecular weight is 215 g/mol. The van der Waals surface area contributed by atoms with Crippen molar-refractivity contribution < 1.29 is 9.47 Å². The summed E-state index contributed by atoms with van der Waals surface area (Å²) in [5.41, 5.74) is 5.73. The van der Waals surface area contributed by atoms with E-state index in [1.54, 1.807) is 0 Å². The van der Waals surface area contributed by atoms with Crippen molar-refractivity contribution in [3.8, 4) is 0 Å². The summed E-state index contributed by atoms with van der Waals surface area (Å²) in [4.78, 5) is 0. The van der Waals surface area contributed by atoms with Gasteiger partial charge in [-0.15, -0.1) is 0 Å². The molecule has 2 atom stereocenters. The molecule has 0 saturated heterocycles. The molecule has 15 heavy (non-hydrogen) atoms. The van der Waals surface area contributed by atoms with Crippen molar-refractivity contribution in [2.45, 2.75) is 51.7 Å². The maximum Gasteiger partial charge on any atom is 0.0704 e. The van der Waals surface area contributed by atoms with Crippen LogP contribution in [0, 0.1) is 5.92 Å². The summed E-state index contributed by atoms with van der Waals surface area (Å²) in [6, 6.07) is 0. The summed E-state index contributed by atoms with van der Waals surface area (Å²) in [7, 11) is 0. The van der Waals surface area contributed by atoms with Gasteiger partial charge in [-0.1, -0.05) is 12.8 Å². The maximum absolute atomic E-state index is 5.83. The molecule has 2 N–H and O–H groups in total. The van der Waals surface area contributed by atoms with Gasteiger partial charge in [0.15, 0.2) is 0 Å². The lowest BCUT2D eigenvalue weighted by atomic mass is 9.86. The predicted molar refractivity (Wildman–Crippen MR) is 61.8 cm³/mol. The normalized spacial score (nSPS) is 27.2. The molecule has 0 aromatic carbocycles. The van der Waals surface area contributed by atoms with E-state index in [2.05, 4.69) is 0 Å². The van der Waals surface area contributed by atoms with Crippen LogP contribution >= 0.6 is 0 Å². The first-order valence-corrected chi connectivity index (χ1v) is 6.17. The van der Waals surface area contributed by atoms with Gasteiger partial charge >= 0.3 is 0 Å². The second-order valence-electron chi connectivity index (χ2n) is 4.61. The van der Waals surface area contributed by atoms with Gasteiger partial charge in [-0.05, 0) is 39.2 Å². The van der Waals surface area contributed by atoms with E-state index in [0.29, 0.717) is 31.3 Å². The largest absolute Gasteiger partial charge is 0.376 e. The van der Waals surface area contributed by atoms with Gasteiger partial charge in [0, 0.05) is 0 Å². The first kappa shape index (κ1) is 12.9. The van der Waals surface area contributed by atoms with Gasteiger partial charge in [0.05, 0.1) is 25.4 Å². The Bertz CT molecular complexity index is 162. The van der Waals surface area contributed by atoms with Crippen molar-refractivity contribution in [3.05, 3.63) is 0 Å². The van der Waals surface area contributed by atoms with Crippen LogP contribution in [0.2, 0.25) is 0 Å². The summed E-state index contributed by atoms with van der Waals surface area (Å²) < 4.78 is 11.3. The van der Waals surface area contributed by atoms with Crippen LogP contribution in [0.3, 0.4) is 0 Å². The number of hydrogen-bond acceptors (Lipinski definition) is 3. The van der Waals surface area contributed by atoms with Crippen LogP contribution in [0.15, 0.2) is 0 Å². The Morgan fingerprint density at radius 2 is 1.93 bits per heavy atom. The molecule has 0 radical (unpaired) electrons. The fraction of sp³-hybridized carbons (Fsp3) is 1.00. The highest BCUT2D eigenvalue weighted by Gasteiger charge is 2.24. The van der Waals surface area contributed by atoms with Crippen molar-refractivity contribution in [1.29, 1.82) is 0 Å². The number of ether oxygens (including phenoxy) is 2. The highest BCUT2D eigenvalue weighted by atomic mass is 16.5. The molecule has 1 aliphatic rings. The molecular formula is C12H25NO2. The molecular weight excluding hydrogens is 190 g/mol. The zero-order valence-electron chi connectivity index (χ0n) is 10.1. The van der Waals surface area contributed by atoms with Gasteiger partial charge < -0.3 is 15.2 Å². The van der Waals surface area contributed by atoms with E-state index in [1.807, 2.05) is 13.8 Å². The van der Waals surface area contributed by atoms with Crippen molar-refractivity contribution in [1.82, 2.24) is 0 Å². The van der Waals surface area contributed by atoms with Crippen LogP contribution in [0.1, 0.15) is 39.5 Å². The highest BCUT2D eigenvalue weighted by Crippen LogP contribution is 2.25. The summed E-state index contributed by atoms with van der Waals surface area (Å²) in [6.45, 7) is 6.26. The first-order valence-electron chi connectivity index (χ1n) is 6.17. The standard InChI is InChI=1S/C12H25NO2/c1-10(2)14-7-8-15-12-6-4-3-5-11(12)9-13/h10-12H,3-9,13H2,1-2H3. The van der Waals surface area contributed by atoms with Crippen molar-refractivity contribution in [2.24, 2.45) is 11.7 Å². The van der Waals surface area contributed by atoms with Gasteiger partial charge in [-0.2, -0.15) is 0 Å². The Balaban J connectivity index is 2.12. The minimum atomic E-state index is 0.297. The molecule has 3 nitrogen and oxygen atoms in total. The van der Waals surface area contributed by atoms with Gasteiger partial charge in [-0.3, -0.25) is 0 Å². The van der Waals surface area contributed by atoms with Gasteiger partial charge in [0.25, 0.3) is 0 Å². The molecule has 0 aromatic heterocycles. The Morgan fingerprint density at radius 1 is 1.20 bits per heavy atom. The van der Waals surface area contributed by atoms with Crippen LogP contribution in [-0.2, 0) is 9.47 Å². The fourth-order valence-corrected chi connectivity index (χ4v) is 2.15. The Kier molecular flexibility index (Phi) is 6.22.